The van der Waals surface area contributed by atoms with Crippen LogP contribution in [0.25, 0.3) is 0 Å². The van der Waals surface area contributed by atoms with Crippen molar-refractivity contribution in [3.8, 4) is 5.75 Å². The first-order valence-corrected chi connectivity index (χ1v) is 9.73. The minimum atomic E-state index is -0.816. The van der Waals surface area contributed by atoms with Gasteiger partial charge >= 0.3 is 6.03 Å². The quantitative estimate of drug-likeness (QED) is 0.596. The Morgan fingerprint density at radius 2 is 1.71 bits per heavy atom. The first-order chi connectivity index (χ1) is 14.9. The number of hydrogen-bond donors (Lipinski definition) is 2. The summed E-state index contributed by atoms with van der Waals surface area (Å²) in [4.78, 5) is 26.6. The van der Waals surface area contributed by atoms with E-state index >= 15 is 0 Å². The Morgan fingerprint density at radius 3 is 2.42 bits per heavy atom. The first-order valence-electron chi connectivity index (χ1n) is 9.73. The minimum Gasteiger partial charge on any atom is -0.489 e. The van der Waals surface area contributed by atoms with Gasteiger partial charge in [0.2, 0.25) is 5.91 Å². The number of carbonyl (C=O) groups excluding carboxylic acids is 2. The highest BCUT2D eigenvalue weighted by Gasteiger charge is 2.24. The van der Waals surface area contributed by atoms with Crippen LogP contribution in [0.15, 0.2) is 78.9 Å². The molecule has 160 valence electrons. The second-order valence-electron chi connectivity index (χ2n) is 7.12. The Balaban J connectivity index is 1.65. The van der Waals surface area contributed by atoms with E-state index in [0.717, 1.165) is 0 Å². The zero-order valence-corrected chi connectivity index (χ0v) is 17.3. The number of hydrogen-bond acceptors (Lipinski definition) is 3. The van der Waals surface area contributed by atoms with Crippen LogP contribution in [0.2, 0.25) is 0 Å². The molecule has 7 heteroatoms. The molecule has 0 bridgehead atoms. The van der Waals surface area contributed by atoms with Gasteiger partial charge in [-0.25, -0.2) is 9.18 Å². The van der Waals surface area contributed by atoms with Crippen LogP contribution in [0.5, 0.6) is 5.75 Å². The zero-order chi connectivity index (χ0) is 22.2. The fraction of sp³-hybridized carbons (Fsp3) is 0.167. The molecule has 1 unspecified atom stereocenters. The van der Waals surface area contributed by atoms with Gasteiger partial charge in [-0.2, -0.15) is 0 Å². The molecule has 0 saturated heterocycles. The molecule has 0 spiro atoms. The summed E-state index contributed by atoms with van der Waals surface area (Å²) < 4.78 is 19.0. The Bertz CT molecular complexity index is 1040. The highest BCUT2D eigenvalue weighted by Crippen LogP contribution is 2.20. The summed E-state index contributed by atoms with van der Waals surface area (Å²) in [5.74, 6) is -0.0482. The van der Waals surface area contributed by atoms with E-state index in [2.05, 4.69) is 10.6 Å². The van der Waals surface area contributed by atoms with Gasteiger partial charge in [-0.3, -0.25) is 4.79 Å². The molecule has 6 nitrogen and oxygen atoms in total. The minimum absolute atomic E-state index is 0.195. The topological polar surface area (TPSA) is 70.7 Å². The average Bonchev–Trinajstić information content (AvgIpc) is 2.76. The lowest BCUT2D eigenvalue weighted by molar-refractivity contribution is -0.130. The largest absolute Gasteiger partial charge is 0.489 e. The molecule has 0 fully saturated rings. The van der Waals surface area contributed by atoms with Crippen molar-refractivity contribution in [1.82, 2.24) is 10.2 Å². The molecule has 0 aliphatic carbocycles. The van der Waals surface area contributed by atoms with Crippen LogP contribution in [0, 0.1) is 5.82 Å². The molecule has 0 saturated carbocycles. The van der Waals surface area contributed by atoms with Gasteiger partial charge in [0, 0.05) is 25.8 Å². The molecule has 0 aromatic heterocycles. The molecule has 2 N–H and O–H groups in total. The van der Waals surface area contributed by atoms with Gasteiger partial charge < -0.3 is 20.3 Å². The van der Waals surface area contributed by atoms with Gasteiger partial charge in [0.15, 0.2) is 0 Å². The van der Waals surface area contributed by atoms with E-state index in [1.807, 2.05) is 18.2 Å². The van der Waals surface area contributed by atoms with Crippen LogP contribution in [0.4, 0.5) is 14.9 Å². The predicted octanol–water partition coefficient (Wildman–Crippen LogP) is 4.36. The fourth-order valence-corrected chi connectivity index (χ4v) is 2.95. The van der Waals surface area contributed by atoms with Crippen LogP contribution in [-0.2, 0) is 11.4 Å². The summed E-state index contributed by atoms with van der Waals surface area (Å²) >= 11 is 0. The maximum absolute atomic E-state index is 13.3. The van der Waals surface area contributed by atoms with Gasteiger partial charge in [0.25, 0.3) is 0 Å². The van der Waals surface area contributed by atoms with Crippen LogP contribution in [-0.4, -0.2) is 30.9 Å². The van der Waals surface area contributed by atoms with Gasteiger partial charge in [-0.1, -0.05) is 48.5 Å². The molecular weight excluding hydrogens is 397 g/mol. The molecule has 3 aromatic carbocycles. The highest BCUT2D eigenvalue weighted by atomic mass is 19.1. The first kappa shape index (κ1) is 21.8. The third-order valence-corrected chi connectivity index (χ3v) is 4.48. The standard InChI is InChI=1S/C24H24FN3O3/c1-28(2)23(29)22(18-9-4-3-5-10-18)27-24(30)26-20-12-7-13-21(15-20)31-16-17-8-6-11-19(25)14-17/h3-15,22H,16H2,1-2H3,(H2,26,27,30). The molecule has 3 rings (SSSR count). The molecule has 0 heterocycles. The number of nitrogens with zero attached hydrogens (tertiary/aromatic N) is 1. The number of rotatable bonds is 7. The second-order valence-corrected chi connectivity index (χ2v) is 7.12. The van der Waals surface area contributed by atoms with Crippen molar-refractivity contribution < 1.29 is 18.7 Å². The number of benzene rings is 3. The van der Waals surface area contributed by atoms with E-state index in [1.165, 1.54) is 17.0 Å². The van der Waals surface area contributed by atoms with E-state index in [9.17, 15) is 14.0 Å². The van der Waals surface area contributed by atoms with Crippen molar-refractivity contribution >= 4 is 17.6 Å². The van der Waals surface area contributed by atoms with Gasteiger partial charge in [-0.05, 0) is 35.4 Å². The number of halogens is 1. The maximum atomic E-state index is 13.3. The van der Waals surface area contributed by atoms with E-state index < -0.39 is 12.1 Å². The highest BCUT2D eigenvalue weighted by molar-refractivity contribution is 5.94. The lowest BCUT2D eigenvalue weighted by atomic mass is 10.1. The van der Waals surface area contributed by atoms with E-state index in [-0.39, 0.29) is 18.3 Å². The third kappa shape index (κ3) is 6.30. The lowest BCUT2D eigenvalue weighted by Gasteiger charge is -2.22. The average molecular weight is 421 g/mol. The van der Waals surface area contributed by atoms with Crippen molar-refractivity contribution in [2.24, 2.45) is 0 Å². The Labute approximate surface area is 180 Å². The van der Waals surface area contributed by atoms with Gasteiger partial charge in [-0.15, -0.1) is 0 Å². The number of urea groups is 1. The van der Waals surface area contributed by atoms with E-state index in [1.54, 1.807) is 62.6 Å². The van der Waals surface area contributed by atoms with Crippen LogP contribution >= 0.6 is 0 Å². The maximum Gasteiger partial charge on any atom is 0.320 e. The molecule has 31 heavy (non-hydrogen) atoms. The summed E-state index contributed by atoms with van der Waals surface area (Å²) in [6.07, 6.45) is 0. The number of ether oxygens (including phenoxy) is 1. The molecular formula is C24H24FN3O3. The van der Waals surface area contributed by atoms with E-state index in [0.29, 0.717) is 22.6 Å². The Kier molecular flexibility index (Phi) is 7.22. The summed E-state index contributed by atoms with van der Waals surface area (Å²) in [5.41, 5.74) is 1.88. The number of likely N-dealkylation sites (N-methyl/N-ethyl adjacent to an activating group) is 1. The van der Waals surface area contributed by atoms with Crippen molar-refractivity contribution in [2.75, 3.05) is 19.4 Å². The SMILES string of the molecule is CN(C)C(=O)C(NC(=O)Nc1cccc(OCc2cccc(F)c2)c1)c1ccccc1. The Hall–Kier alpha value is -3.87. The summed E-state index contributed by atoms with van der Waals surface area (Å²) in [7, 11) is 3.27. The molecule has 3 aromatic rings. The molecule has 3 amide bonds. The zero-order valence-electron chi connectivity index (χ0n) is 17.3. The Morgan fingerprint density at radius 1 is 0.968 bits per heavy atom. The van der Waals surface area contributed by atoms with Crippen LogP contribution in [0.3, 0.4) is 0 Å². The predicted molar refractivity (Wildman–Crippen MR) is 117 cm³/mol. The van der Waals surface area contributed by atoms with Crippen molar-refractivity contribution in [1.29, 1.82) is 0 Å². The summed E-state index contributed by atoms with van der Waals surface area (Å²) in [5, 5.41) is 5.45. The molecule has 0 aliphatic heterocycles. The van der Waals surface area contributed by atoms with Crippen LogP contribution < -0.4 is 15.4 Å². The molecule has 1 atom stereocenters. The monoisotopic (exact) mass is 421 g/mol. The van der Waals surface area contributed by atoms with E-state index in [4.69, 9.17) is 4.74 Å². The number of carbonyl (C=O) groups is 2. The summed E-state index contributed by atoms with van der Waals surface area (Å²) in [6.45, 7) is 0.195. The molecule has 0 radical (unpaired) electrons. The summed E-state index contributed by atoms with van der Waals surface area (Å²) in [6, 6.07) is 20.7. The van der Waals surface area contributed by atoms with Crippen molar-refractivity contribution in [2.45, 2.75) is 12.6 Å². The van der Waals surface area contributed by atoms with Crippen molar-refractivity contribution in [3.05, 3.63) is 95.8 Å². The lowest BCUT2D eigenvalue weighted by Crippen LogP contribution is -2.41. The number of anilines is 1. The number of nitrogens with one attached hydrogen (secondary N) is 2. The van der Waals surface area contributed by atoms with Gasteiger partial charge in [0.05, 0.1) is 0 Å². The van der Waals surface area contributed by atoms with Gasteiger partial charge in [0.1, 0.15) is 24.2 Å². The number of amides is 3. The third-order valence-electron chi connectivity index (χ3n) is 4.48. The van der Waals surface area contributed by atoms with Crippen LogP contribution in [0.1, 0.15) is 17.2 Å². The smallest absolute Gasteiger partial charge is 0.320 e. The molecule has 0 aliphatic rings. The normalized spacial score (nSPS) is 11.3. The second kappa shape index (κ2) is 10.2. The fourth-order valence-electron chi connectivity index (χ4n) is 2.95. The van der Waals surface area contributed by atoms with Crippen molar-refractivity contribution in [3.63, 3.8) is 0 Å².